The summed E-state index contributed by atoms with van der Waals surface area (Å²) in [6.45, 7) is 9.55. The Morgan fingerprint density at radius 1 is 1.20 bits per heavy atom. The van der Waals surface area contributed by atoms with Gasteiger partial charge in [-0.3, -0.25) is 0 Å². The Balaban J connectivity index is 1.42. The SMILES string of the molecule is CC(C)NCC1CCN(CC2Cc3ccccc32)CC1. The van der Waals surface area contributed by atoms with E-state index < -0.39 is 0 Å². The van der Waals surface area contributed by atoms with E-state index in [2.05, 4.69) is 48.3 Å². The standard InChI is InChI=1S/C18H28N2/c1-14(2)19-12-15-7-9-20(10-8-15)13-17-11-16-5-3-4-6-18(16)17/h3-6,14-15,17,19H,7-13H2,1-2H3. The molecule has 2 nitrogen and oxygen atoms in total. The fourth-order valence-corrected chi connectivity index (χ4v) is 3.61. The van der Waals surface area contributed by atoms with Crippen molar-refractivity contribution in [3.63, 3.8) is 0 Å². The van der Waals surface area contributed by atoms with Crippen LogP contribution >= 0.6 is 0 Å². The van der Waals surface area contributed by atoms with Crippen LogP contribution in [0.25, 0.3) is 0 Å². The van der Waals surface area contributed by atoms with Crippen LogP contribution in [0, 0.1) is 5.92 Å². The molecule has 1 heterocycles. The van der Waals surface area contributed by atoms with Gasteiger partial charge >= 0.3 is 0 Å². The molecule has 0 spiro atoms. The topological polar surface area (TPSA) is 15.3 Å². The molecule has 0 radical (unpaired) electrons. The van der Waals surface area contributed by atoms with E-state index in [1.807, 2.05) is 0 Å². The van der Waals surface area contributed by atoms with Crippen molar-refractivity contribution in [3.05, 3.63) is 35.4 Å². The van der Waals surface area contributed by atoms with E-state index in [-0.39, 0.29) is 0 Å². The predicted molar refractivity (Wildman–Crippen MR) is 85.2 cm³/mol. The second-order valence-electron chi connectivity index (χ2n) is 6.91. The minimum Gasteiger partial charge on any atom is -0.314 e. The molecule has 1 aromatic carbocycles. The van der Waals surface area contributed by atoms with Crippen LogP contribution in [0.5, 0.6) is 0 Å². The molecule has 1 unspecified atom stereocenters. The number of hydrogen-bond donors (Lipinski definition) is 1. The summed E-state index contributed by atoms with van der Waals surface area (Å²) in [6, 6.07) is 9.59. The largest absolute Gasteiger partial charge is 0.314 e. The highest BCUT2D eigenvalue weighted by atomic mass is 15.1. The lowest BCUT2D eigenvalue weighted by molar-refractivity contribution is 0.168. The molecule has 3 rings (SSSR count). The van der Waals surface area contributed by atoms with Crippen LogP contribution in [0.2, 0.25) is 0 Å². The van der Waals surface area contributed by atoms with E-state index in [0.29, 0.717) is 6.04 Å². The molecular weight excluding hydrogens is 244 g/mol. The molecule has 1 saturated heterocycles. The van der Waals surface area contributed by atoms with E-state index in [1.54, 1.807) is 11.1 Å². The van der Waals surface area contributed by atoms with Gasteiger partial charge in [-0.25, -0.2) is 0 Å². The summed E-state index contributed by atoms with van der Waals surface area (Å²) in [5, 5.41) is 3.59. The van der Waals surface area contributed by atoms with Crippen molar-refractivity contribution < 1.29 is 0 Å². The monoisotopic (exact) mass is 272 g/mol. The minimum atomic E-state index is 0.625. The van der Waals surface area contributed by atoms with Gasteiger partial charge in [-0.1, -0.05) is 38.1 Å². The summed E-state index contributed by atoms with van der Waals surface area (Å²) in [6.07, 6.45) is 4.03. The molecule has 1 atom stereocenters. The molecule has 0 aromatic heterocycles. The zero-order valence-electron chi connectivity index (χ0n) is 12.9. The van der Waals surface area contributed by atoms with Crippen molar-refractivity contribution in [2.45, 2.75) is 45.1 Å². The highest BCUT2D eigenvalue weighted by Crippen LogP contribution is 2.35. The second kappa shape index (κ2) is 6.28. The lowest BCUT2D eigenvalue weighted by Crippen LogP contribution is -2.41. The Morgan fingerprint density at radius 3 is 2.65 bits per heavy atom. The summed E-state index contributed by atoms with van der Waals surface area (Å²) in [4.78, 5) is 2.69. The number of hydrogen-bond acceptors (Lipinski definition) is 2. The van der Waals surface area contributed by atoms with Crippen LogP contribution < -0.4 is 5.32 Å². The van der Waals surface area contributed by atoms with Gasteiger partial charge in [-0.05, 0) is 55.9 Å². The first-order chi connectivity index (χ1) is 9.72. The first kappa shape index (κ1) is 14.1. The van der Waals surface area contributed by atoms with Gasteiger partial charge in [0.1, 0.15) is 0 Å². The lowest BCUT2D eigenvalue weighted by Gasteiger charge is -2.38. The Hall–Kier alpha value is -0.860. The third-order valence-electron chi connectivity index (χ3n) is 4.96. The molecule has 20 heavy (non-hydrogen) atoms. The minimum absolute atomic E-state index is 0.625. The maximum atomic E-state index is 3.59. The zero-order chi connectivity index (χ0) is 13.9. The molecule has 1 aromatic rings. The van der Waals surface area contributed by atoms with Gasteiger partial charge in [0, 0.05) is 18.5 Å². The third kappa shape index (κ3) is 3.24. The van der Waals surface area contributed by atoms with E-state index in [0.717, 1.165) is 11.8 Å². The molecule has 1 aliphatic carbocycles. The second-order valence-corrected chi connectivity index (χ2v) is 6.91. The van der Waals surface area contributed by atoms with Crippen LogP contribution in [0.1, 0.15) is 43.7 Å². The van der Waals surface area contributed by atoms with Crippen molar-refractivity contribution in [1.29, 1.82) is 0 Å². The van der Waals surface area contributed by atoms with E-state index in [1.165, 1.54) is 45.4 Å². The Labute approximate surface area is 123 Å². The number of benzene rings is 1. The van der Waals surface area contributed by atoms with Crippen molar-refractivity contribution in [2.75, 3.05) is 26.2 Å². The summed E-state index contributed by atoms with van der Waals surface area (Å²) >= 11 is 0. The van der Waals surface area contributed by atoms with E-state index >= 15 is 0 Å². The zero-order valence-corrected chi connectivity index (χ0v) is 12.9. The Morgan fingerprint density at radius 2 is 1.95 bits per heavy atom. The molecule has 0 bridgehead atoms. The number of likely N-dealkylation sites (tertiary alicyclic amines) is 1. The van der Waals surface area contributed by atoms with Crippen molar-refractivity contribution in [2.24, 2.45) is 5.92 Å². The highest BCUT2D eigenvalue weighted by Gasteiger charge is 2.28. The Bertz CT molecular complexity index is 433. The predicted octanol–water partition coefficient (Wildman–Crippen LogP) is 3.04. The van der Waals surface area contributed by atoms with Gasteiger partial charge in [-0.15, -0.1) is 0 Å². The van der Waals surface area contributed by atoms with Gasteiger partial charge in [0.25, 0.3) is 0 Å². The number of rotatable bonds is 5. The summed E-state index contributed by atoms with van der Waals surface area (Å²) in [5.74, 6) is 1.69. The number of nitrogens with one attached hydrogen (secondary N) is 1. The average Bonchev–Trinajstić information content (AvgIpc) is 2.44. The molecule has 1 N–H and O–H groups in total. The molecule has 2 aliphatic rings. The Kier molecular flexibility index (Phi) is 4.42. The first-order valence-electron chi connectivity index (χ1n) is 8.26. The van der Waals surface area contributed by atoms with Crippen LogP contribution in [-0.2, 0) is 6.42 Å². The molecule has 110 valence electrons. The molecular formula is C18H28N2. The van der Waals surface area contributed by atoms with Crippen LogP contribution in [-0.4, -0.2) is 37.1 Å². The maximum absolute atomic E-state index is 3.59. The van der Waals surface area contributed by atoms with Gasteiger partial charge < -0.3 is 10.2 Å². The third-order valence-corrected chi connectivity index (χ3v) is 4.96. The van der Waals surface area contributed by atoms with Gasteiger partial charge in [0.2, 0.25) is 0 Å². The maximum Gasteiger partial charge on any atom is 0.00536 e. The number of fused-ring (bicyclic) bond motifs is 1. The number of nitrogens with zero attached hydrogens (tertiary/aromatic N) is 1. The van der Waals surface area contributed by atoms with Gasteiger partial charge in [0.15, 0.2) is 0 Å². The van der Waals surface area contributed by atoms with Crippen LogP contribution in [0.3, 0.4) is 0 Å². The molecule has 2 heteroatoms. The fraction of sp³-hybridized carbons (Fsp3) is 0.667. The molecule has 1 aliphatic heterocycles. The number of piperidine rings is 1. The smallest absolute Gasteiger partial charge is 0.00536 e. The van der Waals surface area contributed by atoms with Crippen LogP contribution in [0.4, 0.5) is 0 Å². The van der Waals surface area contributed by atoms with Crippen LogP contribution in [0.15, 0.2) is 24.3 Å². The molecule has 0 amide bonds. The highest BCUT2D eigenvalue weighted by molar-refractivity contribution is 5.40. The summed E-state index contributed by atoms with van der Waals surface area (Å²) < 4.78 is 0. The fourth-order valence-electron chi connectivity index (χ4n) is 3.61. The van der Waals surface area contributed by atoms with Crippen molar-refractivity contribution in [3.8, 4) is 0 Å². The normalized spacial score (nSPS) is 23.6. The molecule has 0 saturated carbocycles. The van der Waals surface area contributed by atoms with Crippen molar-refractivity contribution in [1.82, 2.24) is 10.2 Å². The van der Waals surface area contributed by atoms with Gasteiger partial charge in [-0.2, -0.15) is 0 Å². The van der Waals surface area contributed by atoms with Crippen molar-refractivity contribution >= 4 is 0 Å². The average molecular weight is 272 g/mol. The van der Waals surface area contributed by atoms with E-state index in [9.17, 15) is 0 Å². The van der Waals surface area contributed by atoms with Gasteiger partial charge in [0.05, 0.1) is 0 Å². The van der Waals surface area contributed by atoms with E-state index in [4.69, 9.17) is 0 Å². The lowest BCUT2D eigenvalue weighted by atomic mass is 9.77. The summed E-state index contributed by atoms with van der Waals surface area (Å²) in [5.41, 5.74) is 3.18. The quantitative estimate of drug-likeness (QED) is 0.886. The first-order valence-corrected chi connectivity index (χ1v) is 8.26. The molecule has 1 fully saturated rings. The summed E-state index contributed by atoms with van der Waals surface area (Å²) in [7, 11) is 0.